The molecule has 0 saturated carbocycles. The molecule has 1 atom stereocenters. The van der Waals surface area contributed by atoms with E-state index >= 15 is 0 Å². The van der Waals surface area contributed by atoms with Crippen LogP contribution in [0.4, 0.5) is 4.39 Å². The molecule has 0 spiro atoms. The molecule has 0 radical (unpaired) electrons. The Labute approximate surface area is 105 Å². The van der Waals surface area contributed by atoms with Gasteiger partial charge < -0.3 is 5.73 Å². The Bertz CT molecular complexity index is 513. The molecule has 0 bridgehead atoms. The molecule has 1 unspecified atom stereocenters. The second kappa shape index (κ2) is 4.57. The fourth-order valence-electron chi connectivity index (χ4n) is 1.19. The number of aromatic nitrogens is 2. The van der Waals surface area contributed by atoms with E-state index in [2.05, 4.69) is 26.1 Å². The molecule has 2 rings (SSSR count). The van der Waals surface area contributed by atoms with Crippen LogP contribution in [0.2, 0.25) is 0 Å². The van der Waals surface area contributed by atoms with Gasteiger partial charge in [-0.05, 0) is 25.1 Å². The van der Waals surface area contributed by atoms with Crippen LogP contribution in [0.5, 0.6) is 0 Å². The highest BCUT2D eigenvalue weighted by Crippen LogP contribution is 2.29. The van der Waals surface area contributed by atoms with Crippen LogP contribution in [0.1, 0.15) is 18.0 Å². The maximum Gasteiger partial charge on any atom is 0.150 e. The van der Waals surface area contributed by atoms with Gasteiger partial charge in [-0.1, -0.05) is 27.3 Å². The van der Waals surface area contributed by atoms with Gasteiger partial charge in [-0.2, -0.15) is 0 Å². The van der Waals surface area contributed by atoms with Crippen molar-refractivity contribution in [1.82, 2.24) is 10.2 Å². The summed E-state index contributed by atoms with van der Waals surface area (Å²) in [6, 6.07) is 4.54. The number of rotatable bonds is 2. The lowest BCUT2D eigenvalue weighted by Crippen LogP contribution is -2.03. The summed E-state index contributed by atoms with van der Waals surface area (Å²) in [6.07, 6.45) is 0. The lowest BCUT2D eigenvalue weighted by atomic mass is 10.2. The van der Waals surface area contributed by atoms with Crippen LogP contribution >= 0.6 is 27.3 Å². The molecule has 2 N–H and O–H groups in total. The lowest BCUT2D eigenvalue weighted by molar-refractivity contribution is 0.630. The van der Waals surface area contributed by atoms with Crippen molar-refractivity contribution in [2.75, 3.05) is 0 Å². The normalized spacial score (nSPS) is 12.8. The number of hydrogen-bond donors (Lipinski definition) is 1. The van der Waals surface area contributed by atoms with Gasteiger partial charge in [0.05, 0.1) is 6.04 Å². The molecule has 1 aromatic heterocycles. The van der Waals surface area contributed by atoms with Crippen molar-refractivity contribution in [2.24, 2.45) is 5.73 Å². The van der Waals surface area contributed by atoms with Gasteiger partial charge >= 0.3 is 0 Å². The van der Waals surface area contributed by atoms with Crippen LogP contribution in [0.25, 0.3) is 10.6 Å². The molecule has 6 heteroatoms. The van der Waals surface area contributed by atoms with Gasteiger partial charge in [0.15, 0.2) is 5.01 Å². The number of halogens is 2. The van der Waals surface area contributed by atoms with Crippen molar-refractivity contribution in [2.45, 2.75) is 13.0 Å². The Morgan fingerprint density at radius 3 is 2.81 bits per heavy atom. The second-order valence-corrected chi connectivity index (χ2v) is 5.28. The molecule has 1 aromatic carbocycles. The van der Waals surface area contributed by atoms with Crippen LogP contribution in [-0.2, 0) is 0 Å². The third kappa shape index (κ3) is 2.28. The van der Waals surface area contributed by atoms with Gasteiger partial charge in [-0.25, -0.2) is 4.39 Å². The highest BCUT2D eigenvalue weighted by atomic mass is 79.9. The van der Waals surface area contributed by atoms with Crippen molar-refractivity contribution in [3.63, 3.8) is 0 Å². The quantitative estimate of drug-likeness (QED) is 0.927. The molecule has 0 saturated heterocycles. The van der Waals surface area contributed by atoms with Crippen molar-refractivity contribution < 1.29 is 4.39 Å². The van der Waals surface area contributed by atoms with E-state index in [0.717, 1.165) is 4.47 Å². The average molecular weight is 302 g/mol. The molecule has 2 aromatic rings. The van der Waals surface area contributed by atoms with Gasteiger partial charge in [-0.3, -0.25) is 0 Å². The summed E-state index contributed by atoms with van der Waals surface area (Å²) < 4.78 is 14.4. The summed E-state index contributed by atoms with van der Waals surface area (Å²) in [4.78, 5) is 0. The maximum atomic E-state index is 13.6. The van der Waals surface area contributed by atoms with E-state index in [1.807, 2.05) is 6.92 Å². The standard InChI is InChI=1S/C10H9BrFN3S/c1-5(13)9-14-15-10(16-9)7-4-6(11)2-3-8(7)12/h2-5H,13H2,1H3. The van der Waals surface area contributed by atoms with E-state index in [0.29, 0.717) is 15.6 Å². The van der Waals surface area contributed by atoms with Gasteiger partial charge in [0.1, 0.15) is 10.8 Å². The highest BCUT2D eigenvalue weighted by Gasteiger charge is 2.13. The first kappa shape index (κ1) is 11.6. The maximum absolute atomic E-state index is 13.6. The molecule has 0 fully saturated rings. The lowest BCUT2D eigenvalue weighted by Gasteiger charge is -1.99. The fourth-order valence-corrected chi connectivity index (χ4v) is 2.36. The Hall–Kier alpha value is -0.850. The third-order valence-electron chi connectivity index (χ3n) is 1.99. The number of nitrogens with zero attached hydrogens (tertiary/aromatic N) is 2. The Balaban J connectivity index is 2.46. The SMILES string of the molecule is CC(N)c1nnc(-c2cc(Br)ccc2F)s1. The summed E-state index contributed by atoms with van der Waals surface area (Å²) in [5.41, 5.74) is 6.12. The summed E-state index contributed by atoms with van der Waals surface area (Å²) in [5.74, 6) is -0.310. The molecule has 16 heavy (non-hydrogen) atoms. The minimum absolute atomic E-state index is 0.179. The topological polar surface area (TPSA) is 51.8 Å². The minimum Gasteiger partial charge on any atom is -0.322 e. The third-order valence-corrected chi connectivity index (χ3v) is 3.64. The molecule has 0 aliphatic rings. The molecular formula is C10H9BrFN3S. The largest absolute Gasteiger partial charge is 0.322 e. The van der Waals surface area contributed by atoms with E-state index in [1.54, 1.807) is 12.1 Å². The first-order valence-corrected chi connectivity index (χ1v) is 6.23. The predicted molar refractivity (Wildman–Crippen MR) is 65.6 cm³/mol. The predicted octanol–water partition coefficient (Wildman–Crippen LogP) is 3.13. The van der Waals surface area contributed by atoms with Crippen LogP contribution in [0.15, 0.2) is 22.7 Å². The zero-order valence-corrected chi connectivity index (χ0v) is 10.8. The molecule has 0 aliphatic carbocycles. The van der Waals surface area contributed by atoms with Gasteiger partial charge in [-0.15, -0.1) is 10.2 Å². The van der Waals surface area contributed by atoms with Crippen LogP contribution in [-0.4, -0.2) is 10.2 Å². The van der Waals surface area contributed by atoms with Gasteiger partial charge in [0.25, 0.3) is 0 Å². The average Bonchev–Trinajstić information content (AvgIpc) is 2.70. The van der Waals surface area contributed by atoms with E-state index in [9.17, 15) is 4.39 Å². The number of benzene rings is 1. The van der Waals surface area contributed by atoms with Crippen LogP contribution in [0, 0.1) is 5.82 Å². The van der Waals surface area contributed by atoms with E-state index in [-0.39, 0.29) is 11.9 Å². The summed E-state index contributed by atoms with van der Waals surface area (Å²) in [7, 11) is 0. The Morgan fingerprint density at radius 2 is 2.19 bits per heavy atom. The van der Waals surface area contributed by atoms with E-state index < -0.39 is 0 Å². The summed E-state index contributed by atoms with van der Waals surface area (Å²) in [5, 5.41) is 9.11. The van der Waals surface area contributed by atoms with E-state index in [4.69, 9.17) is 5.73 Å². The van der Waals surface area contributed by atoms with Crippen LogP contribution < -0.4 is 5.73 Å². The fraction of sp³-hybridized carbons (Fsp3) is 0.200. The van der Waals surface area contributed by atoms with Gasteiger partial charge in [0.2, 0.25) is 0 Å². The van der Waals surface area contributed by atoms with Crippen molar-refractivity contribution >= 4 is 27.3 Å². The first-order valence-electron chi connectivity index (χ1n) is 4.62. The number of hydrogen-bond acceptors (Lipinski definition) is 4. The molecule has 3 nitrogen and oxygen atoms in total. The smallest absolute Gasteiger partial charge is 0.150 e. The Morgan fingerprint density at radius 1 is 1.44 bits per heavy atom. The zero-order chi connectivity index (χ0) is 11.7. The molecule has 0 amide bonds. The first-order chi connectivity index (χ1) is 7.58. The molecule has 84 valence electrons. The van der Waals surface area contributed by atoms with Crippen molar-refractivity contribution in [3.8, 4) is 10.6 Å². The minimum atomic E-state index is -0.310. The molecule has 0 aliphatic heterocycles. The Kier molecular flexibility index (Phi) is 3.32. The summed E-state index contributed by atoms with van der Waals surface area (Å²) >= 11 is 4.60. The second-order valence-electron chi connectivity index (χ2n) is 3.36. The monoisotopic (exact) mass is 301 g/mol. The highest BCUT2D eigenvalue weighted by molar-refractivity contribution is 9.10. The molecule has 1 heterocycles. The number of nitrogens with two attached hydrogens (primary N) is 1. The summed E-state index contributed by atoms with van der Waals surface area (Å²) in [6.45, 7) is 1.82. The van der Waals surface area contributed by atoms with Crippen LogP contribution in [0.3, 0.4) is 0 Å². The van der Waals surface area contributed by atoms with Crippen molar-refractivity contribution in [3.05, 3.63) is 33.5 Å². The van der Waals surface area contributed by atoms with E-state index in [1.165, 1.54) is 17.4 Å². The molecular weight excluding hydrogens is 293 g/mol. The zero-order valence-electron chi connectivity index (χ0n) is 8.45. The van der Waals surface area contributed by atoms with Gasteiger partial charge in [0, 0.05) is 10.0 Å². The van der Waals surface area contributed by atoms with Crippen molar-refractivity contribution in [1.29, 1.82) is 0 Å².